The van der Waals surface area contributed by atoms with Crippen LogP contribution < -0.4 is 4.74 Å². The maximum atomic E-state index is 14.7. The minimum atomic E-state index is -0.803. The van der Waals surface area contributed by atoms with Gasteiger partial charge in [-0.3, -0.25) is 0 Å². The topological polar surface area (TPSA) is 9.23 Å². The first-order valence-corrected chi connectivity index (χ1v) is 12.7. The maximum absolute atomic E-state index is 14.7. The van der Waals surface area contributed by atoms with Gasteiger partial charge in [0.2, 0.25) is 5.82 Å². The zero-order valence-electron chi connectivity index (χ0n) is 19.4. The molecule has 0 aliphatic heterocycles. The molecule has 0 amide bonds. The molecule has 3 heteroatoms. The van der Waals surface area contributed by atoms with Crippen LogP contribution in [0.4, 0.5) is 8.78 Å². The van der Waals surface area contributed by atoms with Gasteiger partial charge in [0.15, 0.2) is 11.6 Å². The lowest BCUT2D eigenvalue weighted by Crippen LogP contribution is -2.28. The lowest BCUT2D eigenvalue weighted by Gasteiger charge is -2.39. The molecule has 1 nitrogen and oxygen atoms in total. The van der Waals surface area contributed by atoms with Crippen LogP contribution in [0.1, 0.15) is 109 Å². The molecule has 2 saturated carbocycles. The fourth-order valence-corrected chi connectivity index (χ4v) is 6.05. The Labute approximate surface area is 183 Å². The summed E-state index contributed by atoms with van der Waals surface area (Å²) in [5.41, 5.74) is 0.557. The zero-order valence-corrected chi connectivity index (χ0v) is 19.4. The molecule has 2 fully saturated rings. The van der Waals surface area contributed by atoms with Crippen molar-refractivity contribution in [1.29, 1.82) is 0 Å². The van der Waals surface area contributed by atoms with Crippen molar-refractivity contribution in [2.24, 2.45) is 23.7 Å². The van der Waals surface area contributed by atoms with Crippen LogP contribution in [0.15, 0.2) is 12.1 Å². The predicted molar refractivity (Wildman–Crippen MR) is 121 cm³/mol. The minimum Gasteiger partial charge on any atom is -0.490 e. The van der Waals surface area contributed by atoms with Gasteiger partial charge < -0.3 is 4.74 Å². The summed E-state index contributed by atoms with van der Waals surface area (Å²) >= 11 is 0. The van der Waals surface area contributed by atoms with Crippen molar-refractivity contribution < 1.29 is 13.5 Å². The van der Waals surface area contributed by atoms with Crippen LogP contribution in [0.2, 0.25) is 0 Å². The van der Waals surface area contributed by atoms with E-state index in [9.17, 15) is 8.78 Å². The van der Waals surface area contributed by atoms with Crippen molar-refractivity contribution in [3.8, 4) is 5.75 Å². The van der Waals surface area contributed by atoms with Gasteiger partial charge in [0.1, 0.15) is 0 Å². The molecule has 0 spiro atoms. The number of hydrogen-bond donors (Lipinski definition) is 0. The van der Waals surface area contributed by atoms with E-state index < -0.39 is 11.6 Å². The second-order valence-corrected chi connectivity index (χ2v) is 10.0. The molecule has 1 atom stereocenters. The van der Waals surface area contributed by atoms with Crippen LogP contribution in [0.25, 0.3) is 0 Å². The lowest BCUT2D eigenvalue weighted by atomic mass is 9.66. The molecule has 0 aromatic heterocycles. The smallest absolute Gasteiger partial charge is 0.200 e. The monoisotopic (exact) mass is 420 g/mol. The highest BCUT2D eigenvalue weighted by atomic mass is 19.2. The normalized spacial score (nSPS) is 28.3. The number of benzene rings is 1. The van der Waals surface area contributed by atoms with E-state index in [-0.39, 0.29) is 11.7 Å². The third-order valence-electron chi connectivity index (χ3n) is 8.12. The highest BCUT2D eigenvalue weighted by Gasteiger charge is 2.33. The number of hydrogen-bond acceptors (Lipinski definition) is 1. The average molecular weight is 421 g/mol. The molecule has 0 heterocycles. The van der Waals surface area contributed by atoms with Crippen molar-refractivity contribution in [2.75, 3.05) is 6.61 Å². The molecule has 170 valence electrons. The summed E-state index contributed by atoms with van der Waals surface area (Å²) in [4.78, 5) is 0. The Balaban J connectivity index is 1.52. The van der Waals surface area contributed by atoms with E-state index in [1.807, 2.05) is 0 Å². The Bertz CT molecular complexity index is 643. The van der Waals surface area contributed by atoms with Crippen molar-refractivity contribution in [1.82, 2.24) is 0 Å². The van der Waals surface area contributed by atoms with Crippen molar-refractivity contribution in [3.63, 3.8) is 0 Å². The molecule has 1 aromatic carbocycles. The highest BCUT2D eigenvalue weighted by molar-refractivity contribution is 5.33. The summed E-state index contributed by atoms with van der Waals surface area (Å²) in [6.45, 7) is 7.25. The van der Waals surface area contributed by atoms with Gasteiger partial charge >= 0.3 is 0 Å². The SMILES string of the molecule is CCCCOc1ccc(C2CCC(C(C)C3CCC(CCC)CC3)CC2)c(F)c1F. The second kappa shape index (κ2) is 11.5. The van der Waals surface area contributed by atoms with Crippen LogP contribution in [-0.4, -0.2) is 6.61 Å². The van der Waals surface area contributed by atoms with E-state index in [2.05, 4.69) is 20.8 Å². The molecule has 0 N–H and O–H groups in total. The summed E-state index contributed by atoms with van der Waals surface area (Å²) in [6, 6.07) is 3.40. The molecule has 0 saturated heterocycles. The number of unbranched alkanes of at least 4 members (excludes halogenated alkanes) is 1. The first-order valence-electron chi connectivity index (χ1n) is 12.7. The largest absolute Gasteiger partial charge is 0.490 e. The molecule has 3 rings (SSSR count). The van der Waals surface area contributed by atoms with Crippen LogP contribution in [-0.2, 0) is 0 Å². The summed E-state index contributed by atoms with van der Waals surface area (Å²) in [7, 11) is 0. The Morgan fingerprint density at radius 1 is 0.867 bits per heavy atom. The maximum Gasteiger partial charge on any atom is 0.200 e. The fraction of sp³-hybridized carbons (Fsp3) is 0.778. The Hall–Kier alpha value is -1.12. The average Bonchev–Trinajstić information content (AvgIpc) is 2.77. The van der Waals surface area contributed by atoms with Gasteiger partial charge in [-0.25, -0.2) is 4.39 Å². The Morgan fingerprint density at radius 2 is 1.50 bits per heavy atom. The third kappa shape index (κ3) is 5.77. The van der Waals surface area contributed by atoms with E-state index >= 15 is 0 Å². The Kier molecular flexibility index (Phi) is 9.01. The number of rotatable bonds is 9. The van der Waals surface area contributed by atoms with E-state index in [1.54, 1.807) is 12.1 Å². The van der Waals surface area contributed by atoms with E-state index in [4.69, 9.17) is 4.74 Å². The van der Waals surface area contributed by atoms with Crippen LogP contribution in [0.5, 0.6) is 5.75 Å². The standard InChI is InChI=1S/C27H42F2O/c1-4-6-18-30-25-17-16-24(26(28)27(25)29)23-14-12-22(13-15-23)19(3)21-10-8-20(7-5-2)9-11-21/h16-17,19-23H,4-15,18H2,1-3H3. The summed E-state index contributed by atoms with van der Waals surface area (Å²) in [5.74, 6) is 2.06. The van der Waals surface area contributed by atoms with Crippen molar-refractivity contribution in [2.45, 2.75) is 104 Å². The zero-order chi connectivity index (χ0) is 21.5. The van der Waals surface area contributed by atoms with Gasteiger partial charge in [0, 0.05) is 0 Å². The molecular formula is C27H42F2O. The first-order chi connectivity index (χ1) is 14.5. The molecular weight excluding hydrogens is 378 g/mol. The summed E-state index contributed by atoms with van der Waals surface area (Å²) in [5, 5.41) is 0. The molecule has 1 unspecified atom stereocenters. The Morgan fingerprint density at radius 3 is 2.10 bits per heavy atom. The van der Waals surface area contributed by atoms with Gasteiger partial charge in [-0.05, 0) is 86.2 Å². The van der Waals surface area contributed by atoms with E-state index in [1.165, 1.54) is 38.5 Å². The highest BCUT2D eigenvalue weighted by Crippen LogP contribution is 2.45. The quantitative estimate of drug-likeness (QED) is 0.363. The molecule has 30 heavy (non-hydrogen) atoms. The summed E-state index contributed by atoms with van der Waals surface area (Å²) < 4.78 is 34.6. The second-order valence-electron chi connectivity index (χ2n) is 10.0. The van der Waals surface area contributed by atoms with Crippen molar-refractivity contribution >= 4 is 0 Å². The van der Waals surface area contributed by atoms with Crippen molar-refractivity contribution in [3.05, 3.63) is 29.3 Å². The van der Waals surface area contributed by atoms with Gasteiger partial charge in [0.25, 0.3) is 0 Å². The lowest BCUT2D eigenvalue weighted by molar-refractivity contribution is 0.131. The predicted octanol–water partition coefficient (Wildman–Crippen LogP) is 8.66. The minimum absolute atomic E-state index is 0.0608. The third-order valence-corrected chi connectivity index (χ3v) is 8.12. The van der Waals surface area contributed by atoms with Crippen LogP contribution in [0.3, 0.4) is 0 Å². The molecule has 0 bridgehead atoms. The molecule has 2 aliphatic carbocycles. The number of halogens is 2. The molecule has 2 aliphatic rings. The fourth-order valence-electron chi connectivity index (χ4n) is 6.05. The van der Waals surface area contributed by atoms with E-state index in [0.29, 0.717) is 12.2 Å². The first kappa shape index (κ1) is 23.5. The van der Waals surface area contributed by atoms with Gasteiger partial charge in [-0.2, -0.15) is 4.39 Å². The van der Waals surface area contributed by atoms with Gasteiger partial charge in [0.05, 0.1) is 6.61 Å². The van der Waals surface area contributed by atoms with Gasteiger partial charge in [-0.1, -0.05) is 58.9 Å². The summed E-state index contributed by atoms with van der Waals surface area (Å²) in [6.07, 6.45) is 14.4. The van der Waals surface area contributed by atoms with E-state index in [0.717, 1.165) is 62.2 Å². The molecule has 0 radical (unpaired) electrons. The van der Waals surface area contributed by atoms with Crippen LogP contribution >= 0.6 is 0 Å². The van der Waals surface area contributed by atoms with Crippen LogP contribution in [0, 0.1) is 35.3 Å². The number of ether oxygens (including phenoxy) is 1. The molecule has 1 aromatic rings. The van der Waals surface area contributed by atoms with Gasteiger partial charge in [-0.15, -0.1) is 0 Å².